The number of likely N-dealkylation sites (tertiary alicyclic amines) is 1. The number of carbonyl (C=O) groups excluding carboxylic acids is 1. The summed E-state index contributed by atoms with van der Waals surface area (Å²) in [5.41, 5.74) is 0. The average molecular weight is 169 g/mol. The van der Waals surface area contributed by atoms with Gasteiger partial charge in [-0.1, -0.05) is 6.58 Å². The van der Waals surface area contributed by atoms with E-state index in [-0.39, 0.29) is 5.91 Å². The molecule has 1 N–H and O–H groups in total. The minimum atomic E-state index is -0.825. The predicted molar refractivity (Wildman–Crippen MR) is 42.5 cm³/mol. The smallest absolute Gasteiger partial charge is 0.308 e. The minimum Gasteiger partial charge on any atom is -0.481 e. The van der Waals surface area contributed by atoms with E-state index in [4.69, 9.17) is 5.11 Å². The molecule has 0 aromatic heterocycles. The molecular weight excluding hydrogens is 158 g/mol. The van der Waals surface area contributed by atoms with Crippen LogP contribution in [0.2, 0.25) is 0 Å². The molecule has 1 fully saturated rings. The van der Waals surface area contributed by atoms with Crippen LogP contribution in [-0.4, -0.2) is 35.0 Å². The molecule has 0 spiro atoms. The van der Waals surface area contributed by atoms with Crippen molar-refractivity contribution in [3.05, 3.63) is 12.7 Å². The molecule has 1 aliphatic heterocycles. The number of amides is 1. The summed E-state index contributed by atoms with van der Waals surface area (Å²) in [5.74, 6) is -1.40. The van der Waals surface area contributed by atoms with E-state index < -0.39 is 11.9 Å². The van der Waals surface area contributed by atoms with E-state index in [1.54, 1.807) is 0 Å². The van der Waals surface area contributed by atoms with Gasteiger partial charge in [0, 0.05) is 13.1 Å². The minimum absolute atomic E-state index is 0.182. The summed E-state index contributed by atoms with van der Waals surface area (Å²) in [6, 6.07) is 0. The van der Waals surface area contributed by atoms with E-state index in [0.29, 0.717) is 19.5 Å². The second-order valence-electron chi connectivity index (χ2n) is 2.81. The third-order valence-corrected chi connectivity index (χ3v) is 2.02. The summed E-state index contributed by atoms with van der Waals surface area (Å²) >= 11 is 0. The van der Waals surface area contributed by atoms with Crippen molar-refractivity contribution >= 4 is 11.9 Å². The average Bonchev–Trinajstić information content (AvgIpc) is 2.51. The normalized spacial score (nSPS) is 22.3. The molecule has 0 aliphatic carbocycles. The SMILES string of the molecule is C=CC(=O)N1CC[C@H](C(=O)O)C1. The Morgan fingerprint density at radius 2 is 2.25 bits per heavy atom. The maximum atomic E-state index is 11.0. The van der Waals surface area contributed by atoms with Gasteiger partial charge < -0.3 is 10.0 Å². The van der Waals surface area contributed by atoms with Gasteiger partial charge >= 0.3 is 5.97 Å². The zero-order valence-electron chi connectivity index (χ0n) is 6.69. The Balaban J connectivity index is 2.50. The lowest BCUT2D eigenvalue weighted by atomic mass is 10.1. The van der Waals surface area contributed by atoms with Gasteiger partial charge in [0.25, 0.3) is 0 Å². The maximum absolute atomic E-state index is 11.0. The van der Waals surface area contributed by atoms with Gasteiger partial charge in [-0.05, 0) is 12.5 Å². The Morgan fingerprint density at radius 1 is 1.58 bits per heavy atom. The van der Waals surface area contributed by atoms with Crippen LogP contribution in [0.25, 0.3) is 0 Å². The van der Waals surface area contributed by atoms with Gasteiger partial charge in [-0.15, -0.1) is 0 Å². The van der Waals surface area contributed by atoms with E-state index in [2.05, 4.69) is 6.58 Å². The summed E-state index contributed by atoms with van der Waals surface area (Å²) in [7, 11) is 0. The molecule has 0 aromatic carbocycles. The monoisotopic (exact) mass is 169 g/mol. The molecule has 0 radical (unpaired) electrons. The summed E-state index contributed by atoms with van der Waals surface area (Å²) in [6.45, 7) is 4.19. The third-order valence-electron chi connectivity index (χ3n) is 2.02. The van der Waals surface area contributed by atoms with Gasteiger partial charge in [-0.3, -0.25) is 9.59 Å². The molecule has 4 nitrogen and oxygen atoms in total. The lowest BCUT2D eigenvalue weighted by Gasteiger charge is -2.12. The Labute approximate surface area is 70.5 Å². The van der Waals surface area contributed by atoms with Gasteiger partial charge in [0.05, 0.1) is 5.92 Å². The summed E-state index contributed by atoms with van der Waals surface area (Å²) < 4.78 is 0. The van der Waals surface area contributed by atoms with Gasteiger partial charge in [-0.2, -0.15) is 0 Å². The van der Waals surface area contributed by atoms with Crippen LogP contribution >= 0.6 is 0 Å². The van der Waals surface area contributed by atoms with Gasteiger partial charge in [0.2, 0.25) is 5.91 Å². The van der Waals surface area contributed by atoms with Gasteiger partial charge in [-0.25, -0.2) is 0 Å². The van der Waals surface area contributed by atoms with Gasteiger partial charge in [0.1, 0.15) is 0 Å². The maximum Gasteiger partial charge on any atom is 0.308 e. The van der Waals surface area contributed by atoms with Crippen LogP contribution in [0, 0.1) is 5.92 Å². The number of hydrogen-bond donors (Lipinski definition) is 1. The molecule has 0 bridgehead atoms. The molecule has 1 aliphatic rings. The van der Waals surface area contributed by atoms with Crippen LogP contribution in [0.15, 0.2) is 12.7 Å². The van der Waals surface area contributed by atoms with Crippen LogP contribution in [0.1, 0.15) is 6.42 Å². The van der Waals surface area contributed by atoms with Crippen molar-refractivity contribution in [1.29, 1.82) is 0 Å². The fourth-order valence-corrected chi connectivity index (χ4v) is 1.29. The second-order valence-corrected chi connectivity index (χ2v) is 2.81. The second kappa shape index (κ2) is 3.38. The first-order chi connectivity index (χ1) is 5.65. The molecular formula is C8H11NO3. The topological polar surface area (TPSA) is 57.6 Å². The van der Waals surface area contributed by atoms with Crippen LogP contribution in [0.5, 0.6) is 0 Å². The summed E-state index contributed by atoms with van der Waals surface area (Å²) in [5, 5.41) is 8.62. The van der Waals surface area contributed by atoms with E-state index in [9.17, 15) is 9.59 Å². The third kappa shape index (κ3) is 1.64. The highest BCUT2D eigenvalue weighted by Crippen LogP contribution is 2.16. The first-order valence-electron chi connectivity index (χ1n) is 3.79. The largest absolute Gasteiger partial charge is 0.481 e. The first kappa shape index (κ1) is 8.77. The number of hydrogen-bond acceptors (Lipinski definition) is 2. The Bertz CT molecular complexity index is 224. The Hall–Kier alpha value is -1.32. The molecule has 1 rings (SSSR count). The van der Waals surface area contributed by atoms with Crippen LogP contribution < -0.4 is 0 Å². The zero-order valence-corrected chi connectivity index (χ0v) is 6.69. The van der Waals surface area contributed by atoms with Crippen molar-refractivity contribution in [3.63, 3.8) is 0 Å². The van der Waals surface area contributed by atoms with Crippen molar-refractivity contribution in [3.8, 4) is 0 Å². The van der Waals surface area contributed by atoms with Crippen molar-refractivity contribution in [1.82, 2.24) is 4.90 Å². The highest BCUT2D eigenvalue weighted by molar-refractivity contribution is 5.87. The van der Waals surface area contributed by atoms with E-state index in [1.165, 1.54) is 11.0 Å². The first-order valence-corrected chi connectivity index (χ1v) is 3.79. The standard InChI is InChI=1S/C8H11NO3/c1-2-7(10)9-4-3-6(5-9)8(11)12/h2,6H,1,3-5H2,(H,11,12)/t6-/m0/s1. The molecule has 0 unspecified atom stereocenters. The molecule has 1 amide bonds. The van der Waals surface area contributed by atoms with Crippen molar-refractivity contribution in [2.75, 3.05) is 13.1 Å². The van der Waals surface area contributed by atoms with Crippen LogP contribution in [-0.2, 0) is 9.59 Å². The highest BCUT2D eigenvalue weighted by atomic mass is 16.4. The molecule has 1 heterocycles. The highest BCUT2D eigenvalue weighted by Gasteiger charge is 2.29. The lowest BCUT2D eigenvalue weighted by Crippen LogP contribution is -2.28. The molecule has 66 valence electrons. The number of rotatable bonds is 2. The molecule has 0 saturated carbocycles. The molecule has 0 aromatic rings. The van der Waals surface area contributed by atoms with E-state index >= 15 is 0 Å². The molecule has 4 heteroatoms. The fraction of sp³-hybridized carbons (Fsp3) is 0.500. The zero-order chi connectivity index (χ0) is 9.14. The Morgan fingerprint density at radius 3 is 2.67 bits per heavy atom. The van der Waals surface area contributed by atoms with Crippen molar-refractivity contribution < 1.29 is 14.7 Å². The summed E-state index contributed by atoms with van der Waals surface area (Å²) in [4.78, 5) is 23.0. The molecule has 12 heavy (non-hydrogen) atoms. The molecule has 1 atom stereocenters. The number of aliphatic carboxylic acids is 1. The Kier molecular flexibility index (Phi) is 2.47. The summed E-state index contributed by atoms with van der Waals surface area (Å²) in [6.07, 6.45) is 1.76. The quantitative estimate of drug-likeness (QED) is 0.597. The van der Waals surface area contributed by atoms with Crippen molar-refractivity contribution in [2.45, 2.75) is 6.42 Å². The predicted octanol–water partition coefficient (Wildman–Crippen LogP) is 0.106. The van der Waals surface area contributed by atoms with Gasteiger partial charge in [0.15, 0.2) is 0 Å². The number of carboxylic acid groups (broad SMARTS) is 1. The molecule has 1 saturated heterocycles. The van der Waals surface area contributed by atoms with Crippen LogP contribution in [0.3, 0.4) is 0 Å². The van der Waals surface area contributed by atoms with Crippen molar-refractivity contribution in [2.24, 2.45) is 5.92 Å². The number of carboxylic acids is 1. The number of nitrogens with zero attached hydrogens (tertiary/aromatic N) is 1. The van der Waals surface area contributed by atoms with E-state index in [1.807, 2.05) is 0 Å². The lowest BCUT2D eigenvalue weighted by molar-refractivity contribution is -0.141. The van der Waals surface area contributed by atoms with Crippen LogP contribution in [0.4, 0.5) is 0 Å². The van der Waals surface area contributed by atoms with E-state index in [0.717, 1.165) is 0 Å². The fourth-order valence-electron chi connectivity index (χ4n) is 1.29. The number of carbonyl (C=O) groups is 2.